The van der Waals surface area contributed by atoms with Gasteiger partial charge in [-0.15, -0.1) is 0 Å². The smallest absolute Gasteiger partial charge is 0.257 e. The Morgan fingerprint density at radius 1 is 1.17 bits per heavy atom. The molecule has 0 saturated heterocycles. The quantitative estimate of drug-likeness (QED) is 0.499. The van der Waals surface area contributed by atoms with Crippen molar-refractivity contribution in [2.45, 2.75) is 33.5 Å². The molecule has 0 bridgehead atoms. The Balaban J connectivity index is 1.64. The number of hydrogen-bond acceptors (Lipinski definition) is 5. The number of aliphatic hydroxyl groups is 1. The predicted octanol–water partition coefficient (Wildman–Crippen LogP) is 4.66. The van der Waals surface area contributed by atoms with Gasteiger partial charge in [-0.2, -0.15) is 0 Å². The second-order valence-electron chi connectivity index (χ2n) is 7.06. The Morgan fingerprint density at radius 2 is 1.97 bits per heavy atom. The van der Waals surface area contributed by atoms with Gasteiger partial charge in [0.05, 0.1) is 6.10 Å². The third-order valence-electron chi connectivity index (χ3n) is 4.26. The minimum absolute atomic E-state index is 0.0219. The second kappa shape index (κ2) is 9.56. The summed E-state index contributed by atoms with van der Waals surface area (Å²) in [6.07, 6.45) is 0.0219. The number of aryl methyl sites for hydroxylation is 1. The molecule has 0 spiro atoms. The number of rotatable bonds is 6. The first-order valence-electron chi connectivity index (χ1n) is 9.55. The highest BCUT2D eigenvalue weighted by atomic mass is 32.1. The number of hydrogen-bond donors (Lipinski definition) is 3. The largest absolute Gasteiger partial charge is 0.491 e. The van der Waals surface area contributed by atoms with Crippen molar-refractivity contribution in [2.24, 2.45) is 0 Å². The van der Waals surface area contributed by atoms with Crippen molar-refractivity contribution in [1.29, 1.82) is 0 Å². The van der Waals surface area contributed by atoms with E-state index in [2.05, 4.69) is 10.6 Å². The van der Waals surface area contributed by atoms with Crippen molar-refractivity contribution in [1.82, 2.24) is 5.32 Å². The van der Waals surface area contributed by atoms with Gasteiger partial charge in [-0.1, -0.05) is 6.07 Å². The van der Waals surface area contributed by atoms with Crippen molar-refractivity contribution in [3.63, 3.8) is 0 Å². The van der Waals surface area contributed by atoms with Crippen LogP contribution in [0.15, 0.2) is 59.0 Å². The maximum absolute atomic E-state index is 12.5. The molecule has 0 unspecified atom stereocenters. The summed E-state index contributed by atoms with van der Waals surface area (Å²) in [5, 5.41) is 15.1. The van der Waals surface area contributed by atoms with Crippen LogP contribution in [0.4, 0.5) is 5.69 Å². The van der Waals surface area contributed by atoms with E-state index in [1.165, 1.54) is 0 Å². The fourth-order valence-electron chi connectivity index (χ4n) is 2.95. The van der Waals surface area contributed by atoms with Crippen molar-refractivity contribution in [2.75, 3.05) is 5.32 Å². The Hall–Kier alpha value is -3.16. The Bertz CT molecular complexity index is 1060. The fourth-order valence-corrected chi connectivity index (χ4v) is 3.16. The van der Waals surface area contributed by atoms with Crippen LogP contribution in [-0.4, -0.2) is 22.2 Å². The molecule has 0 fully saturated rings. The van der Waals surface area contributed by atoms with Crippen LogP contribution in [0.5, 0.6) is 5.75 Å². The maximum Gasteiger partial charge on any atom is 0.257 e. The molecule has 7 heteroatoms. The molecule has 156 valence electrons. The van der Waals surface area contributed by atoms with Gasteiger partial charge in [0.2, 0.25) is 0 Å². The third-order valence-corrected chi connectivity index (χ3v) is 4.47. The topological polar surface area (TPSA) is 83.7 Å². The molecule has 0 aliphatic carbocycles. The Kier molecular flexibility index (Phi) is 6.87. The van der Waals surface area contributed by atoms with Crippen LogP contribution < -0.4 is 15.4 Å². The lowest BCUT2D eigenvalue weighted by molar-refractivity contribution is 0.0977. The van der Waals surface area contributed by atoms with Gasteiger partial charge in [-0.25, -0.2) is 0 Å². The number of aliphatic hydroxyl groups excluding tert-OH is 1. The molecule has 1 heterocycles. The number of carbonyl (C=O) groups excluding carboxylic acids is 1. The van der Waals surface area contributed by atoms with Crippen molar-refractivity contribution >= 4 is 28.9 Å². The number of furan rings is 1. The minimum atomic E-state index is -0.317. The molecular formula is C23H24N2O4S. The molecule has 0 saturated carbocycles. The van der Waals surface area contributed by atoms with Crippen LogP contribution in [0.25, 0.3) is 11.3 Å². The molecule has 0 aliphatic rings. The lowest BCUT2D eigenvalue weighted by atomic mass is 10.1. The molecule has 3 rings (SSSR count). The summed E-state index contributed by atoms with van der Waals surface area (Å²) in [6.45, 7) is 5.66. The standard InChI is InChI=1S/C23H24N2O4S/c1-14(2)28-18-6-4-5-16(12-18)22(27)25-23(30)24-17-7-9-20(15(3)11-17)21-10-8-19(13-26)29-21/h4-12,14,26H,13H2,1-3H3,(H2,24,25,27,30). The summed E-state index contributed by atoms with van der Waals surface area (Å²) in [6, 6.07) is 16.2. The summed E-state index contributed by atoms with van der Waals surface area (Å²) < 4.78 is 11.2. The molecule has 0 aliphatic heterocycles. The zero-order valence-electron chi connectivity index (χ0n) is 17.1. The first kappa shape index (κ1) is 21.5. The second-order valence-corrected chi connectivity index (χ2v) is 7.46. The number of thiocarbonyl (C=S) groups is 1. The Labute approximate surface area is 180 Å². The molecular weight excluding hydrogens is 400 g/mol. The van der Waals surface area contributed by atoms with E-state index < -0.39 is 0 Å². The van der Waals surface area contributed by atoms with E-state index in [4.69, 9.17) is 26.5 Å². The van der Waals surface area contributed by atoms with Crippen molar-refractivity contribution in [3.05, 3.63) is 71.5 Å². The Morgan fingerprint density at radius 3 is 2.63 bits per heavy atom. The number of nitrogens with one attached hydrogen (secondary N) is 2. The lowest BCUT2D eigenvalue weighted by Crippen LogP contribution is -2.34. The van der Waals surface area contributed by atoms with E-state index >= 15 is 0 Å². The SMILES string of the molecule is Cc1cc(NC(=S)NC(=O)c2cccc(OC(C)C)c2)ccc1-c1ccc(CO)o1. The van der Waals surface area contributed by atoms with Crippen LogP contribution in [0, 0.1) is 6.92 Å². The minimum Gasteiger partial charge on any atom is -0.491 e. The zero-order valence-corrected chi connectivity index (χ0v) is 17.9. The summed E-state index contributed by atoms with van der Waals surface area (Å²) in [5.41, 5.74) is 3.08. The summed E-state index contributed by atoms with van der Waals surface area (Å²) in [4.78, 5) is 12.5. The first-order chi connectivity index (χ1) is 14.4. The highest BCUT2D eigenvalue weighted by molar-refractivity contribution is 7.80. The van der Waals surface area contributed by atoms with Gasteiger partial charge in [0.25, 0.3) is 5.91 Å². The zero-order chi connectivity index (χ0) is 21.7. The van der Waals surface area contributed by atoms with Crippen molar-refractivity contribution in [3.8, 4) is 17.1 Å². The van der Waals surface area contributed by atoms with Crippen LogP contribution in [0.1, 0.15) is 35.5 Å². The van der Waals surface area contributed by atoms with Crippen molar-refractivity contribution < 1.29 is 19.1 Å². The van der Waals surface area contributed by atoms with E-state index in [1.54, 1.807) is 30.3 Å². The molecule has 30 heavy (non-hydrogen) atoms. The average molecular weight is 425 g/mol. The van der Waals surface area contributed by atoms with Gasteiger partial charge in [-0.05, 0) is 87.1 Å². The highest BCUT2D eigenvalue weighted by Crippen LogP contribution is 2.27. The van der Waals surface area contributed by atoms with E-state index in [0.717, 1.165) is 16.8 Å². The summed E-state index contributed by atoms with van der Waals surface area (Å²) >= 11 is 5.28. The average Bonchev–Trinajstić information content (AvgIpc) is 3.16. The normalized spacial score (nSPS) is 10.7. The molecule has 0 atom stereocenters. The molecule has 0 radical (unpaired) electrons. The molecule has 2 aromatic carbocycles. The predicted molar refractivity (Wildman–Crippen MR) is 121 cm³/mol. The molecule has 3 N–H and O–H groups in total. The number of ether oxygens (including phenoxy) is 1. The molecule has 1 aromatic heterocycles. The number of amides is 1. The van der Waals surface area contributed by atoms with Gasteiger partial charge in [0.15, 0.2) is 5.11 Å². The molecule has 6 nitrogen and oxygen atoms in total. The van der Waals surface area contributed by atoms with Crippen LogP contribution >= 0.6 is 12.2 Å². The van der Waals surface area contributed by atoms with Gasteiger partial charge in [0, 0.05) is 16.8 Å². The van der Waals surface area contributed by atoms with Crippen LogP contribution in [-0.2, 0) is 6.61 Å². The number of anilines is 1. The van der Waals surface area contributed by atoms with Crippen LogP contribution in [0.3, 0.4) is 0 Å². The first-order valence-corrected chi connectivity index (χ1v) is 9.96. The van der Waals surface area contributed by atoms with Gasteiger partial charge in [-0.3, -0.25) is 10.1 Å². The van der Waals surface area contributed by atoms with E-state index in [9.17, 15) is 4.79 Å². The molecule has 1 amide bonds. The van der Waals surface area contributed by atoms with E-state index in [-0.39, 0.29) is 23.7 Å². The van der Waals surface area contributed by atoms with Gasteiger partial charge < -0.3 is 19.6 Å². The van der Waals surface area contributed by atoms with Gasteiger partial charge in [0.1, 0.15) is 23.9 Å². The third kappa shape index (κ3) is 5.46. The monoisotopic (exact) mass is 424 g/mol. The molecule has 3 aromatic rings. The summed E-state index contributed by atoms with van der Waals surface area (Å²) in [5.74, 6) is 1.51. The van der Waals surface area contributed by atoms with E-state index in [1.807, 2.05) is 45.0 Å². The lowest BCUT2D eigenvalue weighted by Gasteiger charge is -2.13. The van der Waals surface area contributed by atoms with Gasteiger partial charge >= 0.3 is 0 Å². The van der Waals surface area contributed by atoms with Crippen LogP contribution in [0.2, 0.25) is 0 Å². The highest BCUT2D eigenvalue weighted by Gasteiger charge is 2.11. The van der Waals surface area contributed by atoms with E-state index in [0.29, 0.717) is 22.8 Å². The summed E-state index contributed by atoms with van der Waals surface area (Å²) in [7, 11) is 0. The number of benzene rings is 2. The maximum atomic E-state index is 12.5. The fraction of sp³-hybridized carbons (Fsp3) is 0.217. The number of carbonyl (C=O) groups is 1.